The van der Waals surface area contributed by atoms with Crippen LogP contribution in [0.3, 0.4) is 0 Å². The highest BCUT2D eigenvalue weighted by molar-refractivity contribution is 7.47. The predicted octanol–water partition coefficient (Wildman–Crippen LogP) is 8.55. The summed E-state index contributed by atoms with van der Waals surface area (Å²) < 4.78 is 34.2. The van der Waals surface area contributed by atoms with Crippen LogP contribution in [0.15, 0.2) is 24.3 Å². The Morgan fingerprint density at radius 3 is 2.04 bits per heavy atom. The minimum atomic E-state index is -4.43. The van der Waals surface area contributed by atoms with Crippen molar-refractivity contribution in [2.45, 2.75) is 173 Å². The largest absolute Gasteiger partial charge is 0.472 e. The molecular formula is C43H79NO11P+. The molecule has 1 fully saturated rings. The topological polar surface area (TPSA) is 166 Å². The van der Waals surface area contributed by atoms with Gasteiger partial charge < -0.3 is 29.1 Å². The van der Waals surface area contributed by atoms with Crippen LogP contribution in [-0.4, -0.2) is 103 Å². The van der Waals surface area contributed by atoms with Crippen LogP contribution in [0.2, 0.25) is 0 Å². The number of carbonyl (C=O) groups is 3. The van der Waals surface area contributed by atoms with Gasteiger partial charge in [0.2, 0.25) is 0 Å². The lowest BCUT2D eigenvalue weighted by atomic mass is 9.90. The molecule has 1 rings (SSSR count). The van der Waals surface area contributed by atoms with E-state index in [0.29, 0.717) is 43.1 Å². The number of carbonyl (C=O) groups excluding carboxylic acids is 3. The van der Waals surface area contributed by atoms with Crippen molar-refractivity contribution in [3.63, 3.8) is 0 Å². The Bertz CT molecular complexity index is 1170. The maximum absolute atomic E-state index is 12.7. The molecule has 0 aromatic carbocycles. The van der Waals surface area contributed by atoms with Gasteiger partial charge in [-0.2, -0.15) is 0 Å². The van der Waals surface area contributed by atoms with Crippen LogP contribution in [0.5, 0.6) is 0 Å². The van der Waals surface area contributed by atoms with Gasteiger partial charge in [0.05, 0.1) is 40.0 Å². The highest BCUT2D eigenvalue weighted by Crippen LogP contribution is 2.43. The lowest BCUT2D eigenvalue weighted by molar-refractivity contribution is -0.870. The first-order chi connectivity index (χ1) is 26.7. The van der Waals surface area contributed by atoms with Gasteiger partial charge in [0.15, 0.2) is 6.10 Å². The van der Waals surface area contributed by atoms with E-state index in [1.165, 1.54) is 51.4 Å². The van der Waals surface area contributed by atoms with E-state index in [2.05, 4.69) is 13.8 Å². The monoisotopic (exact) mass is 817 g/mol. The second-order valence-electron chi connectivity index (χ2n) is 16.5. The van der Waals surface area contributed by atoms with Crippen molar-refractivity contribution in [3.05, 3.63) is 24.3 Å². The van der Waals surface area contributed by atoms with E-state index in [1.54, 1.807) is 12.2 Å². The number of esters is 2. The molecule has 0 bridgehead atoms. The fraction of sp³-hybridized carbons (Fsp3) is 0.837. The van der Waals surface area contributed by atoms with Crippen molar-refractivity contribution in [3.8, 4) is 0 Å². The van der Waals surface area contributed by atoms with E-state index in [9.17, 15) is 34.1 Å². The van der Waals surface area contributed by atoms with Crippen LogP contribution in [-0.2, 0) is 37.5 Å². The molecule has 0 radical (unpaired) electrons. The summed E-state index contributed by atoms with van der Waals surface area (Å²) in [4.78, 5) is 48.0. The van der Waals surface area contributed by atoms with Crippen LogP contribution in [0, 0.1) is 11.8 Å². The summed E-state index contributed by atoms with van der Waals surface area (Å²) in [6.45, 7) is 4.00. The molecule has 0 aliphatic heterocycles. The second kappa shape index (κ2) is 31.1. The smallest absolute Gasteiger partial charge is 0.462 e. The molecule has 0 aromatic rings. The Morgan fingerprint density at radius 1 is 0.821 bits per heavy atom. The Kier molecular flexibility index (Phi) is 28.9. The lowest BCUT2D eigenvalue weighted by Crippen LogP contribution is -2.37. The minimum Gasteiger partial charge on any atom is -0.462 e. The number of quaternary nitrogens is 1. The number of Topliss-reactive ketones (excluding diaryl/α,β-unsaturated/α-hetero) is 1. The Balaban J connectivity index is 2.52. The number of phosphoric ester groups is 1. The molecular weight excluding hydrogens is 737 g/mol. The molecule has 0 spiro atoms. The molecule has 326 valence electrons. The summed E-state index contributed by atoms with van der Waals surface area (Å²) in [5.74, 6) is -1.69. The van der Waals surface area contributed by atoms with Gasteiger partial charge in [0, 0.05) is 31.1 Å². The molecule has 0 amide bonds. The molecule has 0 heterocycles. The molecule has 0 saturated heterocycles. The number of ketones is 1. The van der Waals surface area contributed by atoms with Gasteiger partial charge in [-0.15, -0.1) is 0 Å². The van der Waals surface area contributed by atoms with Gasteiger partial charge in [0.25, 0.3) is 0 Å². The zero-order chi connectivity index (χ0) is 41.7. The van der Waals surface area contributed by atoms with Crippen LogP contribution in [0.4, 0.5) is 0 Å². The first kappa shape index (κ1) is 52.1. The average Bonchev–Trinajstić information content (AvgIpc) is 3.40. The third kappa shape index (κ3) is 27.7. The van der Waals surface area contributed by atoms with E-state index >= 15 is 0 Å². The van der Waals surface area contributed by atoms with E-state index in [1.807, 2.05) is 33.3 Å². The Morgan fingerprint density at radius 2 is 1.41 bits per heavy atom. The molecule has 1 aliphatic rings. The van der Waals surface area contributed by atoms with Gasteiger partial charge in [0.1, 0.15) is 25.5 Å². The average molecular weight is 817 g/mol. The number of unbranched alkanes of at least 4 members (excludes halogenated alkanes) is 14. The van der Waals surface area contributed by atoms with Crippen molar-refractivity contribution >= 4 is 25.5 Å². The van der Waals surface area contributed by atoms with E-state index in [-0.39, 0.29) is 50.1 Å². The second-order valence-corrected chi connectivity index (χ2v) is 18.0. The Hall–Kier alpha value is -1.92. The van der Waals surface area contributed by atoms with Crippen LogP contribution >= 0.6 is 7.82 Å². The van der Waals surface area contributed by atoms with Gasteiger partial charge in [-0.1, -0.05) is 128 Å². The summed E-state index contributed by atoms with van der Waals surface area (Å²) in [5, 5.41) is 20.7. The first-order valence-electron chi connectivity index (χ1n) is 21.7. The zero-order valence-corrected chi connectivity index (χ0v) is 36.5. The maximum atomic E-state index is 12.7. The number of ether oxygens (including phenoxy) is 2. The summed E-state index contributed by atoms with van der Waals surface area (Å²) >= 11 is 0. The molecule has 1 unspecified atom stereocenters. The zero-order valence-electron chi connectivity index (χ0n) is 35.6. The standard InChI is InChI=1S/C43H78NO11P/c1-6-8-10-11-12-13-14-15-16-17-18-24-28-43(49)55-37(35-54-56(50,51)53-32-31-44(3,4)5)34-52-42(48)27-23-20-19-22-26-38-39(41(47)33-40(38)46)30-29-36(45)25-21-9-7-2/h19,22,29-30,36-39,41,45,47H,6-18,20-21,23-28,31-35H2,1-5H3/p+1/b22-19-,30-29+/t36-,37+,38+,39+,41+/m0/s1. The molecule has 1 saturated carbocycles. The third-order valence-electron chi connectivity index (χ3n) is 10.1. The number of hydrogen-bond acceptors (Lipinski definition) is 10. The SMILES string of the molecule is CCCCCCCCCCCCCCC(=O)O[C@H](COC(=O)CCC/C=C\C[C@H]1C(=O)C[C@@H](O)[C@@H]1/C=C/[C@@H](O)CCCCC)COP(=O)(O)OCC[N+](C)(C)C. The molecule has 3 N–H and O–H groups in total. The normalized spacial score (nSPS) is 19.8. The third-order valence-corrected chi connectivity index (χ3v) is 11.1. The summed E-state index contributed by atoms with van der Waals surface area (Å²) in [6, 6.07) is 0. The number of allylic oxidation sites excluding steroid dienone is 2. The first-order valence-corrected chi connectivity index (χ1v) is 23.2. The van der Waals surface area contributed by atoms with Crippen molar-refractivity contribution in [1.29, 1.82) is 0 Å². The van der Waals surface area contributed by atoms with Gasteiger partial charge in [-0.25, -0.2) is 4.57 Å². The van der Waals surface area contributed by atoms with Gasteiger partial charge >= 0.3 is 19.8 Å². The Labute approximate surface area is 339 Å². The van der Waals surface area contributed by atoms with Crippen LogP contribution in [0.25, 0.3) is 0 Å². The fourth-order valence-corrected chi connectivity index (χ4v) is 7.32. The molecule has 6 atom stereocenters. The van der Waals surface area contributed by atoms with Crippen LogP contribution in [0.1, 0.15) is 155 Å². The molecule has 1 aliphatic carbocycles. The van der Waals surface area contributed by atoms with E-state index in [0.717, 1.165) is 38.5 Å². The number of hydrogen-bond donors (Lipinski definition) is 3. The predicted molar refractivity (Wildman–Crippen MR) is 221 cm³/mol. The summed E-state index contributed by atoms with van der Waals surface area (Å²) in [6.07, 6.45) is 24.5. The van der Waals surface area contributed by atoms with Crippen molar-refractivity contribution in [1.82, 2.24) is 0 Å². The number of phosphoric acid groups is 1. The fourth-order valence-electron chi connectivity index (χ4n) is 6.58. The van der Waals surface area contributed by atoms with Crippen molar-refractivity contribution in [2.75, 3.05) is 47.5 Å². The van der Waals surface area contributed by atoms with Gasteiger partial charge in [-0.3, -0.25) is 23.4 Å². The molecule has 0 aromatic heterocycles. The number of likely N-dealkylation sites (N-methyl/N-ethyl adjacent to an activating group) is 1. The van der Waals surface area contributed by atoms with E-state index < -0.39 is 44.7 Å². The van der Waals surface area contributed by atoms with Gasteiger partial charge in [-0.05, 0) is 32.1 Å². The molecule has 13 heteroatoms. The molecule has 56 heavy (non-hydrogen) atoms. The summed E-state index contributed by atoms with van der Waals surface area (Å²) in [5.41, 5.74) is 0. The highest BCUT2D eigenvalue weighted by Gasteiger charge is 2.39. The van der Waals surface area contributed by atoms with Crippen molar-refractivity contribution in [2.24, 2.45) is 11.8 Å². The minimum absolute atomic E-state index is 0.00226. The summed E-state index contributed by atoms with van der Waals surface area (Å²) in [7, 11) is 1.33. The van der Waals surface area contributed by atoms with Crippen molar-refractivity contribution < 1.29 is 57.1 Å². The lowest BCUT2D eigenvalue weighted by Gasteiger charge is -2.24. The number of rotatable bonds is 35. The highest BCUT2D eigenvalue weighted by atomic mass is 31.2. The molecule has 12 nitrogen and oxygen atoms in total. The quantitative estimate of drug-likeness (QED) is 0.0185. The number of aliphatic hydroxyl groups is 2. The maximum Gasteiger partial charge on any atom is 0.472 e. The van der Waals surface area contributed by atoms with E-state index in [4.69, 9.17) is 18.5 Å². The number of aliphatic hydroxyl groups excluding tert-OH is 2. The number of nitrogens with zero attached hydrogens (tertiary/aromatic N) is 1. The van der Waals surface area contributed by atoms with Crippen LogP contribution < -0.4 is 0 Å².